The lowest BCUT2D eigenvalue weighted by atomic mass is 10.0. The summed E-state index contributed by atoms with van der Waals surface area (Å²) >= 11 is 0. The Morgan fingerprint density at radius 1 is 1.29 bits per heavy atom. The molecule has 0 amide bonds. The van der Waals surface area contributed by atoms with Gasteiger partial charge in [-0.25, -0.2) is 0 Å². The minimum atomic E-state index is 0.594. The molecule has 1 heterocycles. The molecule has 86 valence electrons. The second-order valence-electron chi connectivity index (χ2n) is 3.93. The third-order valence-electron chi connectivity index (χ3n) is 2.46. The highest BCUT2D eigenvalue weighted by Crippen LogP contribution is 2.04. The van der Waals surface area contributed by atoms with Crippen molar-refractivity contribution in [1.29, 1.82) is 0 Å². The molecule has 1 saturated heterocycles. The average molecular weight is 201 g/mol. The van der Waals surface area contributed by atoms with Crippen LogP contribution in [0.3, 0.4) is 0 Å². The zero-order valence-corrected chi connectivity index (χ0v) is 10.4. The lowest BCUT2D eigenvalue weighted by Gasteiger charge is -2.34. The summed E-state index contributed by atoms with van der Waals surface area (Å²) in [6.45, 7) is 11.8. The molecular weight excluding hydrogens is 174 g/mol. The Labute approximate surface area is 89.0 Å². The van der Waals surface area contributed by atoms with Gasteiger partial charge in [0.15, 0.2) is 0 Å². The Balaban J connectivity index is 0.000000791. The smallest absolute Gasteiger partial charge is 0.0320 e. The monoisotopic (exact) mass is 201 g/mol. The van der Waals surface area contributed by atoms with Crippen molar-refractivity contribution in [3.63, 3.8) is 0 Å². The van der Waals surface area contributed by atoms with Crippen molar-refractivity contribution in [1.82, 2.24) is 16.0 Å². The fraction of sp³-hybridized carbons (Fsp3) is 1.00. The summed E-state index contributed by atoms with van der Waals surface area (Å²) in [5, 5.41) is 10.3. The zero-order chi connectivity index (χ0) is 11.0. The van der Waals surface area contributed by atoms with Crippen molar-refractivity contribution in [2.75, 3.05) is 26.7 Å². The molecule has 3 N–H and O–H groups in total. The van der Waals surface area contributed by atoms with E-state index in [1.54, 1.807) is 0 Å². The normalized spacial score (nSPS) is 27.0. The Hall–Kier alpha value is -0.120. The summed E-state index contributed by atoms with van der Waals surface area (Å²) in [4.78, 5) is 0. The van der Waals surface area contributed by atoms with Gasteiger partial charge in [0.25, 0.3) is 0 Å². The molecule has 2 atom stereocenters. The molecule has 2 unspecified atom stereocenters. The SMILES string of the molecule is CC.CNCC1CNCC(C(C)C)N1. The van der Waals surface area contributed by atoms with E-state index < -0.39 is 0 Å². The highest BCUT2D eigenvalue weighted by molar-refractivity contribution is 4.85. The molecule has 0 aromatic rings. The van der Waals surface area contributed by atoms with Gasteiger partial charge in [0.05, 0.1) is 0 Å². The third kappa shape index (κ3) is 4.94. The van der Waals surface area contributed by atoms with Crippen LogP contribution in [0.15, 0.2) is 0 Å². The summed E-state index contributed by atoms with van der Waals surface area (Å²) in [5.74, 6) is 0.720. The van der Waals surface area contributed by atoms with E-state index >= 15 is 0 Å². The fourth-order valence-corrected chi connectivity index (χ4v) is 1.64. The molecule has 14 heavy (non-hydrogen) atoms. The van der Waals surface area contributed by atoms with Crippen LogP contribution in [0.5, 0.6) is 0 Å². The van der Waals surface area contributed by atoms with Gasteiger partial charge in [-0.15, -0.1) is 0 Å². The first-order valence-corrected chi connectivity index (χ1v) is 5.85. The van der Waals surface area contributed by atoms with E-state index in [4.69, 9.17) is 0 Å². The highest BCUT2D eigenvalue weighted by Gasteiger charge is 2.21. The van der Waals surface area contributed by atoms with Gasteiger partial charge < -0.3 is 16.0 Å². The van der Waals surface area contributed by atoms with Crippen LogP contribution in [0, 0.1) is 5.92 Å². The maximum Gasteiger partial charge on any atom is 0.0320 e. The number of hydrogen-bond donors (Lipinski definition) is 3. The Kier molecular flexibility index (Phi) is 8.14. The molecule has 0 bridgehead atoms. The molecule has 3 nitrogen and oxygen atoms in total. The largest absolute Gasteiger partial charge is 0.318 e. The molecule has 1 rings (SSSR count). The second-order valence-corrected chi connectivity index (χ2v) is 3.93. The van der Waals surface area contributed by atoms with Gasteiger partial charge in [-0.2, -0.15) is 0 Å². The molecule has 0 saturated carbocycles. The Bertz CT molecular complexity index is 124. The number of nitrogens with one attached hydrogen (secondary N) is 3. The molecule has 1 aliphatic rings. The number of piperazine rings is 1. The maximum absolute atomic E-state index is 3.63. The predicted molar refractivity (Wildman–Crippen MR) is 63.7 cm³/mol. The average Bonchev–Trinajstić information content (AvgIpc) is 2.22. The van der Waals surface area contributed by atoms with E-state index in [0.717, 1.165) is 25.6 Å². The first-order valence-electron chi connectivity index (χ1n) is 5.85. The summed E-state index contributed by atoms with van der Waals surface area (Å²) < 4.78 is 0. The predicted octanol–water partition coefficient (Wildman–Crippen LogP) is 0.818. The van der Waals surface area contributed by atoms with Crippen molar-refractivity contribution < 1.29 is 0 Å². The molecule has 0 aromatic heterocycles. The molecule has 0 aromatic carbocycles. The molecule has 0 spiro atoms. The van der Waals surface area contributed by atoms with Crippen LogP contribution in [0.4, 0.5) is 0 Å². The summed E-state index contributed by atoms with van der Waals surface area (Å²) in [6, 6.07) is 1.23. The quantitative estimate of drug-likeness (QED) is 0.633. The first-order chi connectivity index (χ1) is 6.74. The summed E-state index contributed by atoms with van der Waals surface area (Å²) in [6.07, 6.45) is 0. The van der Waals surface area contributed by atoms with Gasteiger partial charge >= 0.3 is 0 Å². The summed E-state index contributed by atoms with van der Waals surface area (Å²) in [7, 11) is 2.00. The lowest BCUT2D eigenvalue weighted by Crippen LogP contribution is -2.59. The fourth-order valence-electron chi connectivity index (χ4n) is 1.64. The topological polar surface area (TPSA) is 36.1 Å². The third-order valence-corrected chi connectivity index (χ3v) is 2.46. The number of rotatable bonds is 3. The minimum absolute atomic E-state index is 0.594. The van der Waals surface area contributed by atoms with Gasteiger partial charge in [-0.3, -0.25) is 0 Å². The van der Waals surface area contributed by atoms with E-state index in [1.807, 2.05) is 20.9 Å². The zero-order valence-electron chi connectivity index (χ0n) is 10.4. The Morgan fingerprint density at radius 2 is 1.93 bits per heavy atom. The van der Waals surface area contributed by atoms with E-state index in [9.17, 15) is 0 Å². The van der Waals surface area contributed by atoms with E-state index in [2.05, 4.69) is 29.8 Å². The van der Waals surface area contributed by atoms with Crippen LogP contribution in [-0.2, 0) is 0 Å². The van der Waals surface area contributed by atoms with Crippen molar-refractivity contribution in [3.8, 4) is 0 Å². The Morgan fingerprint density at radius 3 is 2.43 bits per heavy atom. The molecule has 1 aliphatic heterocycles. The van der Waals surface area contributed by atoms with E-state index in [1.165, 1.54) is 0 Å². The molecular formula is C11H27N3. The molecule has 3 heteroatoms. The van der Waals surface area contributed by atoms with Crippen molar-refractivity contribution in [2.24, 2.45) is 5.92 Å². The van der Waals surface area contributed by atoms with E-state index in [-0.39, 0.29) is 0 Å². The lowest BCUT2D eigenvalue weighted by molar-refractivity contribution is 0.282. The van der Waals surface area contributed by atoms with Crippen LogP contribution >= 0.6 is 0 Å². The van der Waals surface area contributed by atoms with Crippen molar-refractivity contribution in [3.05, 3.63) is 0 Å². The number of likely N-dealkylation sites (N-methyl/N-ethyl adjacent to an activating group) is 1. The van der Waals surface area contributed by atoms with Gasteiger partial charge in [0, 0.05) is 31.7 Å². The van der Waals surface area contributed by atoms with Gasteiger partial charge in [0.2, 0.25) is 0 Å². The van der Waals surface area contributed by atoms with E-state index in [0.29, 0.717) is 12.1 Å². The molecule has 1 fully saturated rings. The summed E-state index contributed by atoms with van der Waals surface area (Å²) in [5.41, 5.74) is 0. The van der Waals surface area contributed by atoms with Crippen LogP contribution in [0.25, 0.3) is 0 Å². The van der Waals surface area contributed by atoms with Crippen molar-refractivity contribution >= 4 is 0 Å². The highest BCUT2D eigenvalue weighted by atomic mass is 15.1. The maximum atomic E-state index is 3.63. The van der Waals surface area contributed by atoms with Crippen LogP contribution in [0.1, 0.15) is 27.7 Å². The van der Waals surface area contributed by atoms with Gasteiger partial charge in [-0.05, 0) is 13.0 Å². The van der Waals surface area contributed by atoms with Crippen LogP contribution < -0.4 is 16.0 Å². The van der Waals surface area contributed by atoms with Crippen molar-refractivity contribution in [2.45, 2.75) is 39.8 Å². The van der Waals surface area contributed by atoms with Gasteiger partial charge in [0.1, 0.15) is 0 Å². The van der Waals surface area contributed by atoms with Crippen LogP contribution in [-0.4, -0.2) is 38.8 Å². The molecule has 0 radical (unpaired) electrons. The van der Waals surface area contributed by atoms with Gasteiger partial charge in [-0.1, -0.05) is 27.7 Å². The standard InChI is InChI=1S/C9H21N3.C2H6/c1-7(2)9-6-11-5-8(12-9)4-10-3;1-2/h7-12H,4-6H2,1-3H3;1-2H3. The number of hydrogen-bond acceptors (Lipinski definition) is 3. The van der Waals surface area contributed by atoms with Crippen LogP contribution in [0.2, 0.25) is 0 Å². The second kappa shape index (κ2) is 8.21. The minimum Gasteiger partial charge on any atom is -0.318 e. The molecule has 0 aliphatic carbocycles. The first kappa shape index (κ1) is 13.9.